The van der Waals surface area contributed by atoms with E-state index in [9.17, 15) is 0 Å². The van der Waals surface area contributed by atoms with Crippen LogP contribution in [0.15, 0.2) is 97.6 Å². The molecule has 0 saturated carbocycles. The van der Waals surface area contributed by atoms with Crippen molar-refractivity contribution >= 4 is 0 Å². The highest BCUT2D eigenvalue weighted by atomic mass is 14.9. The molecule has 0 atom stereocenters. The maximum atomic E-state index is 4.66. The standard InChI is InChI=1S/C21H16N4/c1-5-13-22-17(9-1)21(18-10-2-6-14-23-18,19-11-3-7-15-24-19)20-12-4-8-16-25-20/h1-16H. The highest BCUT2D eigenvalue weighted by Gasteiger charge is 2.43. The van der Waals surface area contributed by atoms with Gasteiger partial charge in [-0.2, -0.15) is 0 Å². The van der Waals surface area contributed by atoms with E-state index in [1.807, 2.05) is 72.8 Å². The fourth-order valence-corrected chi connectivity index (χ4v) is 3.13. The maximum absolute atomic E-state index is 4.66. The summed E-state index contributed by atoms with van der Waals surface area (Å²) in [6.07, 6.45) is 7.16. The van der Waals surface area contributed by atoms with Crippen LogP contribution < -0.4 is 0 Å². The van der Waals surface area contributed by atoms with Gasteiger partial charge in [-0.3, -0.25) is 19.9 Å². The molecule has 4 nitrogen and oxygen atoms in total. The highest BCUT2D eigenvalue weighted by molar-refractivity contribution is 5.51. The number of rotatable bonds is 4. The zero-order valence-corrected chi connectivity index (χ0v) is 13.5. The smallest absolute Gasteiger partial charge is 0.138 e. The normalized spacial score (nSPS) is 11.2. The van der Waals surface area contributed by atoms with Crippen molar-refractivity contribution in [3.63, 3.8) is 0 Å². The van der Waals surface area contributed by atoms with Crippen LogP contribution in [-0.2, 0) is 5.41 Å². The van der Waals surface area contributed by atoms with E-state index in [0.29, 0.717) is 0 Å². The minimum absolute atomic E-state index is 0.773. The second kappa shape index (κ2) is 6.61. The van der Waals surface area contributed by atoms with Crippen LogP contribution in [0.5, 0.6) is 0 Å². The summed E-state index contributed by atoms with van der Waals surface area (Å²) in [5, 5.41) is 0. The molecule has 0 aliphatic rings. The van der Waals surface area contributed by atoms with E-state index in [0.717, 1.165) is 22.8 Å². The predicted octanol–water partition coefficient (Wildman–Crippen LogP) is 3.65. The first-order valence-corrected chi connectivity index (χ1v) is 8.08. The average molecular weight is 324 g/mol. The molecule has 4 aromatic rings. The number of hydrogen-bond donors (Lipinski definition) is 0. The van der Waals surface area contributed by atoms with E-state index in [1.54, 1.807) is 24.8 Å². The Kier molecular flexibility index (Phi) is 4.01. The van der Waals surface area contributed by atoms with Gasteiger partial charge in [0.15, 0.2) is 0 Å². The van der Waals surface area contributed by atoms with Crippen LogP contribution in [0.2, 0.25) is 0 Å². The molecule has 120 valence electrons. The number of hydrogen-bond acceptors (Lipinski definition) is 4. The average Bonchev–Trinajstić information content (AvgIpc) is 2.72. The molecule has 4 rings (SSSR count). The molecule has 0 aromatic carbocycles. The minimum Gasteiger partial charge on any atom is -0.259 e. The summed E-state index contributed by atoms with van der Waals surface area (Å²) in [4.78, 5) is 18.6. The lowest BCUT2D eigenvalue weighted by Crippen LogP contribution is -2.34. The van der Waals surface area contributed by atoms with Crippen molar-refractivity contribution in [2.45, 2.75) is 5.41 Å². The van der Waals surface area contributed by atoms with Gasteiger partial charge in [-0.05, 0) is 48.5 Å². The van der Waals surface area contributed by atoms with Crippen molar-refractivity contribution < 1.29 is 0 Å². The Morgan fingerprint density at radius 1 is 0.400 bits per heavy atom. The quantitative estimate of drug-likeness (QED) is 0.575. The largest absolute Gasteiger partial charge is 0.259 e. The minimum atomic E-state index is -0.773. The van der Waals surface area contributed by atoms with Crippen LogP contribution in [0.3, 0.4) is 0 Å². The molecule has 4 heterocycles. The number of aromatic nitrogens is 4. The van der Waals surface area contributed by atoms with Gasteiger partial charge in [0.1, 0.15) is 5.41 Å². The Morgan fingerprint density at radius 2 is 0.680 bits per heavy atom. The van der Waals surface area contributed by atoms with E-state index in [-0.39, 0.29) is 0 Å². The van der Waals surface area contributed by atoms with Gasteiger partial charge in [0, 0.05) is 24.8 Å². The predicted molar refractivity (Wildman–Crippen MR) is 95.9 cm³/mol. The fraction of sp³-hybridized carbons (Fsp3) is 0.0476. The van der Waals surface area contributed by atoms with Crippen LogP contribution in [-0.4, -0.2) is 19.9 Å². The zero-order chi connectivity index (χ0) is 17.0. The lowest BCUT2D eigenvalue weighted by atomic mass is 9.73. The molecular weight excluding hydrogens is 308 g/mol. The van der Waals surface area contributed by atoms with Crippen molar-refractivity contribution in [1.29, 1.82) is 0 Å². The molecule has 0 aliphatic carbocycles. The van der Waals surface area contributed by atoms with Gasteiger partial charge < -0.3 is 0 Å². The molecule has 4 heteroatoms. The van der Waals surface area contributed by atoms with Crippen LogP contribution in [0.25, 0.3) is 0 Å². The van der Waals surface area contributed by atoms with Crippen molar-refractivity contribution in [3.8, 4) is 0 Å². The van der Waals surface area contributed by atoms with E-state index >= 15 is 0 Å². The summed E-state index contributed by atoms with van der Waals surface area (Å²) >= 11 is 0. The molecule has 0 saturated heterocycles. The molecule has 0 aliphatic heterocycles. The summed E-state index contributed by atoms with van der Waals surface area (Å²) in [5.74, 6) is 0. The van der Waals surface area contributed by atoms with Gasteiger partial charge in [-0.1, -0.05) is 24.3 Å². The highest BCUT2D eigenvalue weighted by Crippen LogP contribution is 2.41. The van der Waals surface area contributed by atoms with E-state index in [2.05, 4.69) is 19.9 Å². The van der Waals surface area contributed by atoms with Crippen LogP contribution >= 0.6 is 0 Å². The second-order valence-electron chi connectivity index (χ2n) is 5.61. The lowest BCUT2D eigenvalue weighted by Gasteiger charge is -2.32. The molecule has 0 bridgehead atoms. The molecule has 0 unspecified atom stereocenters. The third kappa shape index (κ3) is 2.58. The third-order valence-corrected chi connectivity index (χ3v) is 4.20. The summed E-state index contributed by atoms with van der Waals surface area (Å²) in [6.45, 7) is 0. The Labute approximate surface area is 146 Å². The first kappa shape index (κ1) is 15.1. The fourth-order valence-electron chi connectivity index (χ4n) is 3.13. The number of nitrogens with zero attached hydrogens (tertiary/aromatic N) is 4. The molecule has 0 fully saturated rings. The van der Waals surface area contributed by atoms with Gasteiger partial charge >= 0.3 is 0 Å². The van der Waals surface area contributed by atoms with E-state index in [4.69, 9.17) is 0 Å². The molecule has 25 heavy (non-hydrogen) atoms. The van der Waals surface area contributed by atoms with Crippen LogP contribution in [0.1, 0.15) is 22.8 Å². The van der Waals surface area contributed by atoms with Crippen molar-refractivity contribution in [2.24, 2.45) is 0 Å². The van der Waals surface area contributed by atoms with Crippen molar-refractivity contribution in [3.05, 3.63) is 120 Å². The molecule has 0 N–H and O–H groups in total. The Bertz CT molecular complexity index is 763. The molecule has 4 aromatic heterocycles. The zero-order valence-electron chi connectivity index (χ0n) is 13.5. The Hall–Kier alpha value is -3.40. The van der Waals surface area contributed by atoms with E-state index in [1.165, 1.54) is 0 Å². The SMILES string of the molecule is c1ccc(C(c2ccccn2)(c2ccccn2)c2ccccn2)nc1. The van der Waals surface area contributed by atoms with Crippen LogP contribution in [0.4, 0.5) is 0 Å². The summed E-state index contributed by atoms with van der Waals surface area (Å²) in [7, 11) is 0. The Morgan fingerprint density at radius 3 is 0.880 bits per heavy atom. The summed E-state index contributed by atoms with van der Waals surface area (Å²) in [6, 6.07) is 23.5. The molecular formula is C21H16N4. The molecule has 0 radical (unpaired) electrons. The van der Waals surface area contributed by atoms with Crippen molar-refractivity contribution in [1.82, 2.24) is 19.9 Å². The van der Waals surface area contributed by atoms with Gasteiger partial charge in [0.2, 0.25) is 0 Å². The first-order chi connectivity index (χ1) is 12.4. The maximum Gasteiger partial charge on any atom is 0.138 e. The topological polar surface area (TPSA) is 51.6 Å². The first-order valence-electron chi connectivity index (χ1n) is 8.08. The van der Waals surface area contributed by atoms with Crippen LogP contribution in [0, 0.1) is 0 Å². The van der Waals surface area contributed by atoms with E-state index < -0.39 is 5.41 Å². The molecule has 0 spiro atoms. The summed E-state index contributed by atoms with van der Waals surface area (Å²) < 4.78 is 0. The number of pyridine rings is 4. The third-order valence-electron chi connectivity index (χ3n) is 4.20. The van der Waals surface area contributed by atoms with Gasteiger partial charge in [-0.15, -0.1) is 0 Å². The second-order valence-corrected chi connectivity index (χ2v) is 5.61. The van der Waals surface area contributed by atoms with Gasteiger partial charge in [-0.25, -0.2) is 0 Å². The van der Waals surface area contributed by atoms with Gasteiger partial charge in [0.25, 0.3) is 0 Å². The molecule has 0 amide bonds. The lowest BCUT2D eigenvalue weighted by molar-refractivity contribution is 0.642. The van der Waals surface area contributed by atoms with Crippen molar-refractivity contribution in [2.75, 3.05) is 0 Å². The Balaban J connectivity index is 2.13. The van der Waals surface area contributed by atoms with Gasteiger partial charge in [0.05, 0.1) is 22.8 Å². The monoisotopic (exact) mass is 324 g/mol. The summed E-state index contributed by atoms with van der Waals surface area (Å²) in [5.41, 5.74) is 2.58.